The molecule has 0 bridgehead atoms. The van der Waals surface area contributed by atoms with Crippen molar-refractivity contribution in [3.05, 3.63) is 42.4 Å². The zero-order valence-corrected chi connectivity index (χ0v) is 11.8. The lowest BCUT2D eigenvalue weighted by molar-refractivity contribution is -0.272. The van der Waals surface area contributed by atoms with Crippen LogP contribution in [0.25, 0.3) is 0 Å². The highest BCUT2D eigenvalue weighted by Crippen LogP contribution is 2.39. The summed E-state index contributed by atoms with van der Waals surface area (Å²) in [4.78, 5) is 15.2. The number of pyridine rings is 1. The fourth-order valence-electron chi connectivity index (χ4n) is 1.87. The first-order valence-electron chi connectivity index (χ1n) is 6.44. The summed E-state index contributed by atoms with van der Waals surface area (Å²) < 4.78 is 75.9. The second-order valence-corrected chi connectivity index (χ2v) is 4.76. The van der Waals surface area contributed by atoms with Gasteiger partial charge in [-0.25, -0.2) is 0 Å². The van der Waals surface area contributed by atoms with E-state index in [0.29, 0.717) is 0 Å². The fourth-order valence-corrected chi connectivity index (χ4v) is 1.87. The topological polar surface area (TPSA) is 59.8 Å². The van der Waals surface area contributed by atoms with Gasteiger partial charge in [-0.1, -0.05) is 0 Å². The van der Waals surface area contributed by atoms with Crippen LogP contribution in [0.5, 0.6) is 0 Å². The molecule has 0 atom stereocenters. The van der Waals surface area contributed by atoms with Gasteiger partial charge in [0.2, 0.25) is 11.8 Å². The molecule has 11 heteroatoms. The molecule has 0 fully saturated rings. The number of aromatic nitrogens is 3. The van der Waals surface area contributed by atoms with Crippen LogP contribution in [0.15, 0.2) is 36.8 Å². The van der Waals surface area contributed by atoms with Gasteiger partial charge in [-0.2, -0.15) is 31.4 Å². The first-order chi connectivity index (χ1) is 11.1. The maximum absolute atomic E-state index is 12.4. The Morgan fingerprint density at radius 1 is 1.08 bits per heavy atom. The van der Waals surface area contributed by atoms with Gasteiger partial charge in [-0.15, -0.1) is 0 Å². The highest BCUT2D eigenvalue weighted by molar-refractivity contribution is 5.92. The van der Waals surface area contributed by atoms with Crippen LogP contribution in [-0.4, -0.2) is 33.0 Å². The number of rotatable bonds is 4. The summed E-state index contributed by atoms with van der Waals surface area (Å²) in [6, 6.07) is 4.41. The Labute approximate surface area is 131 Å². The molecule has 0 aliphatic rings. The van der Waals surface area contributed by atoms with Gasteiger partial charge >= 0.3 is 12.4 Å². The van der Waals surface area contributed by atoms with Gasteiger partial charge in [0.1, 0.15) is 0 Å². The van der Waals surface area contributed by atoms with E-state index in [1.165, 1.54) is 28.6 Å². The Balaban J connectivity index is 2.09. The number of nitrogens with one attached hydrogen (secondary N) is 1. The Morgan fingerprint density at radius 2 is 1.67 bits per heavy atom. The van der Waals surface area contributed by atoms with Crippen LogP contribution in [0.3, 0.4) is 0 Å². The largest absolute Gasteiger partial charge is 0.409 e. The molecule has 0 unspecified atom stereocenters. The van der Waals surface area contributed by atoms with E-state index in [0.717, 1.165) is 11.6 Å². The van der Waals surface area contributed by atoms with Crippen molar-refractivity contribution in [3.8, 4) is 0 Å². The third-order valence-corrected chi connectivity index (χ3v) is 2.90. The highest BCUT2D eigenvalue weighted by Gasteiger charge is 2.61. The van der Waals surface area contributed by atoms with Crippen LogP contribution in [0.4, 0.5) is 32.2 Å². The van der Waals surface area contributed by atoms with Crippen LogP contribution in [-0.2, 0) is 11.3 Å². The van der Waals surface area contributed by atoms with E-state index in [-0.39, 0.29) is 6.54 Å². The monoisotopic (exact) mass is 352 g/mol. The van der Waals surface area contributed by atoms with Gasteiger partial charge in [-0.05, 0) is 17.7 Å². The van der Waals surface area contributed by atoms with E-state index in [1.54, 1.807) is 12.1 Å². The second-order valence-electron chi connectivity index (χ2n) is 4.76. The van der Waals surface area contributed by atoms with Crippen molar-refractivity contribution in [2.24, 2.45) is 5.92 Å². The summed E-state index contributed by atoms with van der Waals surface area (Å²) in [5.41, 5.74) is 0.759. The summed E-state index contributed by atoms with van der Waals surface area (Å²) >= 11 is 0. The quantitative estimate of drug-likeness (QED) is 0.861. The Hall–Kier alpha value is -2.59. The lowest BCUT2D eigenvalue weighted by Gasteiger charge is -2.21. The molecule has 0 aromatic carbocycles. The van der Waals surface area contributed by atoms with Crippen molar-refractivity contribution in [3.63, 3.8) is 0 Å². The summed E-state index contributed by atoms with van der Waals surface area (Å²) in [6.07, 6.45) is -7.16. The number of amides is 1. The predicted molar refractivity (Wildman–Crippen MR) is 69.8 cm³/mol. The van der Waals surface area contributed by atoms with E-state index in [4.69, 9.17) is 0 Å². The van der Waals surface area contributed by atoms with Crippen LogP contribution < -0.4 is 5.32 Å². The zero-order valence-electron chi connectivity index (χ0n) is 11.8. The van der Waals surface area contributed by atoms with Crippen LogP contribution in [0, 0.1) is 5.92 Å². The van der Waals surface area contributed by atoms with Gasteiger partial charge in [0.05, 0.1) is 6.54 Å². The average molecular weight is 352 g/mol. The van der Waals surface area contributed by atoms with Crippen molar-refractivity contribution in [2.45, 2.75) is 18.9 Å². The first kappa shape index (κ1) is 17.8. The van der Waals surface area contributed by atoms with Crippen LogP contribution in [0.2, 0.25) is 0 Å². The molecular formula is C13H10F6N4O. The molecule has 2 aromatic heterocycles. The highest BCUT2D eigenvalue weighted by atomic mass is 19.4. The van der Waals surface area contributed by atoms with Crippen molar-refractivity contribution in [1.29, 1.82) is 0 Å². The van der Waals surface area contributed by atoms with E-state index in [2.05, 4.69) is 10.1 Å². The van der Waals surface area contributed by atoms with Crippen molar-refractivity contribution < 1.29 is 31.1 Å². The lowest BCUT2D eigenvalue weighted by atomic mass is 10.1. The number of carbonyl (C=O) groups excluding carboxylic acids is 1. The molecule has 0 saturated heterocycles. The molecule has 5 nitrogen and oxygen atoms in total. The summed E-state index contributed by atoms with van der Waals surface area (Å²) in [5.74, 6) is -6.76. The van der Waals surface area contributed by atoms with E-state index >= 15 is 0 Å². The van der Waals surface area contributed by atoms with Gasteiger partial charge in [0.25, 0.3) is 0 Å². The molecule has 1 N–H and O–H groups in total. The lowest BCUT2D eigenvalue weighted by Crippen LogP contribution is -2.45. The van der Waals surface area contributed by atoms with Crippen molar-refractivity contribution in [2.75, 3.05) is 5.32 Å². The van der Waals surface area contributed by atoms with E-state index in [1.807, 2.05) is 0 Å². The summed E-state index contributed by atoms with van der Waals surface area (Å²) in [6.45, 7) is 0.209. The van der Waals surface area contributed by atoms with Crippen molar-refractivity contribution in [1.82, 2.24) is 14.8 Å². The van der Waals surface area contributed by atoms with Crippen LogP contribution >= 0.6 is 0 Å². The smallest absolute Gasteiger partial charge is 0.308 e. The minimum atomic E-state index is -5.75. The Bertz CT molecular complexity index is 680. The van der Waals surface area contributed by atoms with Gasteiger partial charge in [-0.3, -0.25) is 14.5 Å². The number of hydrogen-bond donors (Lipinski definition) is 1. The third-order valence-electron chi connectivity index (χ3n) is 2.90. The SMILES string of the molecule is O=C(Nc1ccn(Cc2ccncc2)n1)C(C(F)(F)F)C(F)(F)F. The zero-order chi connectivity index (χ0) is 18.0. The third kappa shape index (κ3) is 4.46. The number of carbonyl (C=O) groups is 1. The van der Waals surface area contributed by atoms with E-state index < -0.39 is 30.0 Å². The average Bonchev–Trinajstić information content (AvgIpc) is 2.83. The molecule has 0 radical (unpaired) electrons. The molecule has 24 heavy (non-hydrogen) atoms. The molecule has 0 saturated carbocycles. The summed E-state index contributed by atoms with van der Waals surface area (Å²) in [7, 11) is 0. The molecule has 0 aliphatic carbocycles. The van der Waals surface area contributed by atoms with Crippen LogP contribution in [0.1, 0.15) is 5.56 Å². The van der Waals surface area contributed by atoms with E-state index in [9.17, 15) is 31.1 Å². The molecule has 1 amide bonds. The number of hydrogen-bond acceptors (Lipinski definition) is 3. The molecule has 2 rings (SSSR count). The Kier molecular flexibility index (Phi) is 4.81. The van der Waals surface area contributed by atoms with Gasteiger partial charge in [0.15, 0.2) is 5.82 Å². The molecule has 0 aliphatic heterocycles. The molecular weight excluding hydrogens is 342 g/mol. The standard InChI is InChI=1S/C13H10F6N4O/c14-12(15,16)10(13(17,18)19)11(24)21-9-3-6-23(22-9)7-8-1-4-20-5-2-8/h1-6,10H,7H2,(H,21,22,24). The number of halogens is 6. The maximum atomic E-state index is 12.4. The van der Waals surface area contributed by atoms with Gasteiger partial charge < -0.3 is 5.32 Å². The number of anilines is 1. The molecule has 2 heterocycles. The predicted octanol–water partition coefficient (Wildman–Crippen LogP) is 3.01. The number of alkyl halides is 6. The fraction of sp³-hybridized carbons (Fsp3) is 0.308. The number of nitrogens with zero attached hydrogens (tertiary/aromatic N) is 3. The first-order valence-corrected chi connectivity index (χ1v) is 6.44. The normalized spacial score (nSPS) is 12.5. The van der Waals surface area contributed by atoms with Gasteiger partial charge in [0, 0.05) is 24.7 Å². The van der Waals surface area contributed by atoms with Crippen molar-refractivity contribution >= 4 is 11.7 Å². The summed E-state index contributed by atoms with van der Waals surface area (Å²) in [5, 5.41) is 5.26. The maximum Gasteiger partial charge on any atom is 0.409 e. The minimum absolute atomic E-state index is 0.209. The molecule has 130 valence electrons. The second kappa shape index (κ2) is 6.49. The Morgan fingerprint density at radius 3 is 2.21 bits per heavy atom. The minimum Gasteiger partial charge on any atom is -0.308 e. The molecule has 0 spiro atoms. The molecule has 2 aromatic rings.